The normalized spacial score (nSPS) is 10.8. The fourth-order valence-corrected chi connectivity index (χ4v) is 2.17. The van der Waals surface area contributed by atoms with Gasteiger partial charge in [-0.15, -0.1) is 0 Å². The van der Waals surface area contributed by atoms with Crippen molar-refractivity contribution in [1.29, 1.82) is 0 Å². The van der Waals surface area contributed by atoms with E-state index in [1.165, 1.54) is 0 Å². The number of fused-ring (bicyclic) bond motifs is 1. The molecule has 0 aliphatic rings. The van der Waals surface area contributed by atoms with Crippen molar-refractivity contribution in [3.63, 3.8) is 0 Å². The van der Waals surface area contributed by atoms with Gasteiger partial charge in [0.25, 0.3) is 5.56 Å². The second-order valence-electron chi connectivity index (χ2n) is 4.50. The number of nitrogens with zero attached hydrogens (tertiary/aromatic N) is 2. The SMILES string of the molecule is Cc1cccc(-n2c(=O)c(N)cc3cccnc32)c1. The molecular formula is C15H13N3O. The Morgan fingerprint density at radius 3 is 2.79 bits per heavy atom. The van der Waals surface area contributed by atoms with Crippen molar-refractivity contribution >= 4 is 16.7 Å². The van der Waals surface area contributed by atoms with Gasteiger partial charge in [0.05, 0.1) is 11.4 Å². The third-order valence-electron chi connectivity index (χ3n) is 3.05. The van der Waals surface area contributed by atoms with E-state index in [1.54, 1.807) is 16.8 Å². The summed E-state index contributed by atoms with van der Waals surface area (Å²) in [7, 11) is 0. The molecule has 0 saturated heterocycles. The molecule has 0 aliphatic carbocycles. The Morgan fingerprint density at radius 2 is 2.00 bits per heavy atom. The van der Waals surface area contributed by atoms with Gasteiger partial charge in [-0.05, 0) is 42.8 Å². The van der Waals surface area contributed by atoms with Gasteiger partial charge in [0.1, 0.15) is 5.65 Å². The third kappa shape index (κ3) is 1.87. The monoisotopic (exact) mass is 251 g/mol. The summed E-state index contributed by atoms with van der Waals surface area (Å²) >= 11 is 0. The van der Waals surface area contributed by atoms with Crippen LogP contribution in [0.1, 0.15) is 5.56 Å². The van der Waals surface area contributed by atoms with E-state index in [4.69, 9.17) is 5.73 Å². The smallest absolute Gasteiger partial charge is 0.279 e. The van der Waals surface area contributed by atoms with Crippen LogP contribution in [-0.4, -0.2) is 9.55 Å². The molecule has 3 rings (SSSR count). The van der Waals surface area contributed by atoms with Gasteiger partial charge < -0.3 is 5.73 Å². The lowest BCUT2D eigenvalue weighted by Crippen LogP contribution is -2.22. The second kappa shape index (κ2) is 4.24. The maximum absolute atomic E-state index is 12.3. The summed E-state index contributed by atoms with van der Waals surface area (Å²) in [6.07, 6.45) is 1.67. The minimum absolute atomic E-state index is 0.224. The van der Waals surface area contributed by atoms with Gasteiger partial charge in [-0.2, -0.15) is 0 Å². The zero-order valence-electron chi connectivity index (χ0n) is 10.5. The average molecular weight is 251 g/mol. The summed E-state index contributed by atoms with van der Waals surface area (Å²) in [6.45, 7) is 1.98. The van der Waals surface area contributed by atoms with Gasteiger partial charge in [0.2, 0.25) is 0 Å². The predicted octanol–water partition coefficient (Wildman–Crippen LogP) is 2.28. The van der Waals surface area contributed by atoms with Crippen LogP contribution in [0, 0.1) is 6.92 Å². The summed E-state index contributed by atoms with van der Waals surface area (Å²) in [5.41, 5.74) is 8.26. The molecule has 3 aromatic rings. The number of pyridine rings is 2. The molecule has 2 N–H and O–H groups in total. The van der Waals surface area contributed by atoms with E-state index in [0.29, 0.717) is 5.65 Å². The molecule has 4 nitrogen and oxygen atoms in total. The Kier molecular flexibility index (Phi) is 2.56. The molecule has 0 aliphatic heterocycles. The number of aryl methyl sites for hydroxylation is 1. The van der Waals surface area contributed by atoms with Gasteiger partial charge in [-0.1, -0.05) is 12.1 Å². The van der Waals surface area contributed by atoms with Crippen LogP contribution in [0.25, 0.3) is 16.7 Å². The lowest BCUT2D eigenvalue weighted by Gasteiger charge is -2.11. The van der Waals surface area contributed by atoms with E-state index in [0.717, 1.165) is 16.6 Å². The molecule has 19 heavy (non-hydrogen) atoms. The molecule has 0 fully saturated rings. The van der Waals surface area contributed by atoms with Crippen molar-refractivity contribution in [3.05, 3.63) is 64.6 Å². The molecule has 2 heterocycles. The summed E-state index contributed by atoms with van der Waals surface area (Å²) in [6, 6.07) is 13.1. The zero-order chi connectivity index (χ0) is 13.4. The van der Waals surface area contributed by atoms with Crippen LogP contribution in [0.3, 0.4) is 0 Å². The van der Waals surface area contributed by atoms with Crippen LogP contribution < -0.4 is 11.3 Å². The quantitative estimate of drug-likeness (QED) is 0.721. The first kappa shape index (κ1) is 11.5. The minimum Gasteiger partial charge on any atom is -0.394 e. The molecule has 0 amide bonds. The maximum Gasteiger partial charge on any atom is 0.279 e. The minimum atomic E-state index is -0.239. The van der Waals surface area contributed by atoms with Crippen LogP contribution in [-0.2, 0) is 0 Å². The highest BCUT2D eigenvalue weighted by Crippen LogP contribution is 2.17. The van der Waals surface area contributed by atoms with Crippen LogP contribution in [0.2, 0.25) is 0 Å². The molecule has 2 aromatic heterocycles. The van der Waals surface area contributed by atoms with Crippen LogP contribution in [0.4, 0.5) is 5.69 Å². The maximum atomic E-state index is 12.3. The van der Waals surface area contributed by atoms with Crippen molar-refractivity contribution in [3.8, 4) is 5.69 Å². The Balaban J connectivity index is 2.46. The summed E-state index contributed by atoms with van der Waals surface area (Å²) in [5, 5.41) is 0.848. The van der Waals surface area contributed by atoms with Crippen molar-refractivity contribution in [2.75, 3.05) is 5.73 Å². The Bertz CT molecular complexity index is 821. The van der Waals surface area contributed by atoms with Crippen LogP contribution >= 0.6 is 0 Å². The lowest BCUT2D eigenvalue weighted by atomic mass is 10.2. The Morgan fingerprint density at radius 1 is 1.16 bits per heavy atom. The van der Waals surface area contributed by atoms with Crippen molar-refractivity contribution in [2.24, 2.45) is 0 Å². The molecule has 1 aromatic carbocycles. The van der Waals surface area contributed by atoms with Gasteiger partial charge in [-0.3, -0.25) is 9.36 Å². The van der Waals surface area contributed by atoms with Gasteiger partial charge in [0, 0.05) is 11.6 Å². The Hall–Kier alpha value is -2.62. The lowest BCUT2D eigenvalue weighted by molar-refractivity contribution is 1.02. The van der Waals surface area contributed by atoms with E-state index in [9.17, 15) is 4.79 Å². The van der Waals surface area contributed by atoms with E-state index in [1.807, 2.05) is 43.3 Å². The first-order valence-corrected chi connectivity index (χ1v) is 6.00. The predicted molar refractivity (Wildman–Crippen MR) is 76.5 cm³/mol. The van der Waals surface area contributed by atoms with Crippen molar-refractivity contribution in [2.45, 2.75) is 6.92 Å². The standard InChI is InChI=1S/C15H13N3O/c1-10-4-2-6-12(8-10)18-14-11(5-3-7-17-14)9-13(16)15(18)19/h2-9H,16H2,1H3. The number of rotatable bonds is 1. The summed E-state index contributed by atoms with van der Waals surface area (Å²) in [4.78, 5) is 16.6. The molecule has 4 heteroatoms. The number of hydrogen-bond donors (Lipinski definition) is 1. The van der Waals surface area contributed by atoms with Gasteiger partial charge in [-0.25, -0.2) is 4.98 Å². The largest absolute Gasteiger partial charge is 0.394 e. The van der Waals surface area contributed by atoms with Gasteiger partial charge in [0.15, 0.2) is 0 Å². The molecule has 0 saturated carbocycles. The van der Waals surface area contributed by atoms with E-state index in [2.05, 4.69) is 4.98 Å². The molecule has 0 atom stereocenters. The summed E-state index contributed by atoms with van der Waals surface area (Å²) in [5.74, 6) is 0. The van der Waals surface area contributed by atoms with Crippen molar-refractivity contribution in [1.82, 2.24) is 9.55 Å². The third-order valence-corrected chi connectivity index (χ3v) is 3.05. The molecular weight excluding hydrogens is 238 g/mol. The first-order chi connectivity index (χ1) is 9.16. The molecule has 0 unspecified atom stereocenters. The topological polar surface area (TPSA) is 60.9 Å². The summed E-state index contributed by atoms with van der Waals surface area (Å²) < 4.78 is 1.55. The highest BCUT2D eigenvalue weighted by atomic mass is 16.1. The number of benzene rings is 1. The van der Waals surface area contributed by atoms with Gasteiger partial charge >= 0.3 is 0 Å². The van der Waals surface area contributed by atoms with E-state index >= 15 is 0 Å². The number of nitrogens with two attached hydrogens (primary N) is 1. The average Bonchev–Trinajstić information content (AvgIpc) is 2.40. The molecule has 0 spiro atoms. The molecule has 94 valence electrons. The zero-order valence-corrected chi connectivity index (χ0v) is 10.5. The van der Waals surface area contributed by atoms with Crippen LogP contribution in [0.15, 0.2) is 53.5 Å². The van der Waals surface area contributed by atoms with Crippen molar-refractivity contribution < 1.29 is 0 Å². The number of nitrogen functional groups attached to an aromatic ring is 1. The first-order valence-electron chi connectivity index (χ1n) is 6.00. The molecule has 0 bridgehead atoms. The molecule has 0 radical (unpaired) electrons. The highest BCUT2D eigenvalue weighted by Gasteiger charge is 2.09. The fraction of sp³-hybridized carbons (Fsp3) is 0.0667. The van der Waals surface area contributed by atoms with E-state index in [-0.39, 0.29) is 11.2 Å². The number of aromatic nitrogens is 2. The highest BCUT2D eigenvalue weighted by molar-refractivity contribution is 5.79. The fourth-order valence-electron chi connectivity index (χ4n) is 2.17. The number of hydrogen-bond acceptors (Lipinski definition) is 3. The van der Waals surface area contributed by atoms with E-state index < -0.39 is 0 Å². The van der Waals surface area contributed by atoms with Crippen LogP contribution in [0.5, 0.6) is 0 Å². The second-order valence-corrected chi connectivity index (χ2v) is 4.50. The Labute approximate surface area is 110 Å². The number of anilines is 1.